The first-order valence-corrected chi connectivity index (χ1v) is 7.39. The van der Waals surface area contributed by atoms with Gasteiger partial charge in [-0.1, -0.05) is 19.1 Å². The van der Waals surface area contributed by atoms with Gasteiger partial charge in [-0.25, -0.2) is 0 Å². The highest BCUT2D eigenvalue weighted by Crippen LogP contribution is 2.21. The summed E-state index contributed by atoms with van der Waals surface area (Å²) in [6.07, 6.45) is 2.42. The standard InChI is InChI=1S/C16H24N2O2/c1-3-13-5-6-15(20-2)14(11-13)12-16(19)18-9-4-7-17-8-10-18/h5-6,11,17H,3-4,7-10,12H2,1-2H3. The molecule has 1 aromatic carbocycles. The van der Waals surface area contributed by atoms with Crippen molar-refractivity contribution < 1.29 is 9.53 Å². The van der Waals surface area contributed by atoms with Crippen molar-refractivity contribution in [2.24, 2.45) is 0 Å². The summed E-state index contributed by atoms with van der Waals surface area (Å²) >= 11 is 0. The third-order valence-corrected chi connectivity index (χ3v) is 3.79. The molecule has 0 aliphatic carbocycles. The molecule has 0 unspecified atom stereocenters. The van der Waals surface area contributed by atoms with E-state index < -0.39 is 0 Å². The summed E-state index contributed by atoms with van der Waals surface area (Å²) in [4.78, 5) is 14.4. The van der Waals surface area contributed by atoms with Crippen molar-refractivity contribution in [1.29, 1.82) is 0 Å². The van der Waals surface area contributed by atoms with Gasteiger partial charge >= 0.3 is 0 Å². The second-order valence-electron chi connectivity index (χ2n) is 5.16. The fourth-order valence-corrected chi connectivity index (χ4v) is 2.56. The summed E-state index contributed by atoms with van der Waals surface area (Å²) in [5, 5.41) is 3.32. The number of ether oxygens (including phenoxy) is 1. The number of carbonyl (C=O) groups excluding carboxylic acids is 1. The summed E-state index contributed by atoms with van der Waals surface area (Å²) in [5.74, 6) is 1.00. The largest absolute Gasteiger partial charge is 0.496 e. The molecule has 1 N–H and O–H groups in total. The molecular weight excluding hydrogens is 252 g/mol. The molecule has 1 saturated heterocycles. The molecule has 0 atom stereocenters. The molecule has 1 aromatic rings. The van der Waals surface area contributed by atoms with E-state index in [1.165, 1.54) is 5.56 Å². The average molecular weight is 276 g/mol. The SMILES string of the molecule is CCc1ccc(OC)c(CC(=O)N2CCCNCC2)c1. The maximum atomic E-state index is 12.4. The highest BCUT2D eigenvalue weighted by atomic mass is 16.5. The van der Waals surface area contributed by atoms with Crippen LogP contribution in [0.1, 0.15) is 24.5 Å². The van der Waals surface area contributed by atoms with Gasteiger partial charge in [0.2, 0.25) is 5.91 Å². The summed E-state index contributed by atoms with van der Waals surface area (Å²) < 4.78 is 5.37. The van der Waals surface area contributed by atoms with Gasteiger partial charge in [-0.15, -0.1) is 0 Å². The molecule has 4 heteroatoms. The third kappa shape index (κ3) is 3.73. The first-order valence-electron chi connectivity index (χ1n) is 7.39. The van der Waals surface area contributed by atoms with Gasteiger partial charge in [0.1, 0.15) is 5.75 Å². The Morgan fingerprint density at radius 2 is 2.20 bits per heavy atom. The van der Waals surface area contributed by atoms with Gasteiger partial charge in [0.05, 0.1) is 13.5 Å². The van der Waals surface area contributed by atoms with Gasteiger partial charge in [0.25, 0.3) is 0 Å². The molecule has 1 aliphatic rings. The molecule has 1 fully saturated rings. The van der Waals surface area contributed by atoms with Crippen LogP contribution in [0.25, 0.3) is 0 Å². The van der Waals surface area contributed by atoms with Gasteiger partial charge in [-0.3, -0.25) is 4.79 Å². The molecule has 0 spiro atoms. The second-order valence-corrected chi connectivity index (χ2v) is 5.16. The van der Waals surface area contributed by atoms with E-state index in [4.69, 9.17) is 4.74 Å². The zero-order valence-electron chi connectivity index (χ0n) is 12.4. The number of aryl methyl sites for hydroxylation is 1. The number of hydrogen-bond donors (Lipinski definition) is 1. The molecule has 1 heterocycles. The molecule has 0 bridgehead atoms. The lowest BCUT2D eigenvalue weighted by atomic mass is 10.0. The third-order valence-electron chi connectivity index (χ3n) is 3.79. The van der Waals surface area contributed by atoms with Gasteiger partial charge in [0, 0.05) is 25.2 Å². The Hall–Kier alpha value is -1.55. The topological polar surface area (TPSA) is 41.6 Å². The highest BCUT2D eigenvalue weighted by Gasteiger charge is 2.17. The van der Waals surface area contributed by atoms with E-state index in [1.54, 1.807) is 7.11 Å². The lowest BCUT2D eigenvalue weighted by Gasteiger charge is -2.20. The zero-order valence-corrected chi connectivity index (χ0v) is 12.4. The molecule has 4 nitrogen and oxygen atoms in total. The first kappa shape index (κ1) is 14.9. The number of carbonyl (C=O) groups is 1. The van der Waals surface area contributed by atoms with Crippen molar-refractivity contribution >= 4 is 5.91 Å². The van der Waals surface area contributed by atoms with E-state index in [-0.39, 0.29) is 5.91 Å². The maximum absolute atomic E-state index is 12.4. The van der Waals surface area contributed by atoms with Crippen LogP contribution in [-0.2, 0) is 17.6 Å². The Balaban J connectivity index is 2.09. The van der Waals surface area contributed by atoms with Crippen molar-refractivity contribution in [3.05, 3.63) is 29.3 Å². The predicted octanol–water partition coefficient (Wildman–Crippen LogP) is 1.62. The Bertz CT molecular complexity index is 452. The fraction of sp³-hybridized carbons (Fsp3) is 0.562. The van der Waals surface area contributed by atoms with Crippen LogP contribution in [-0.4, -0.2) is 44.1 Å². The summed E-state index contributed by atoms with van der Waals surface area (Å²) in [5.41, 5.74) is 2.24. The number of hydrogen-bond acceptors (Lipinski definition) is 3. The maximum Gasteiger partial charge on any atom is 0.227 e. The van der Waals surface area contributed by atoms with Crippen LogP contribution in [0.15, 0.2) is 18.2 Å². The van der Waals surface area contributed by atoms with Gasteiger partial charge in [-0.2, -0.15) is 0 Å². The van der Waals surface area contributed by atoms with Crippen LogP contribution in [0.4, 0.5) is 0 Å². The molecule has 0 aromatic heterocycles. The molecule has 110 valence electrons. The van der Waals surface area contributed by atoms with Crippen molar-refractivity contribution in [1.82, 2.24) is 10.2 Å². The van der Waals surface area contributed by atoms with Crippen molar-refractivity contribution in [3.63, 3.8) is 0 Å². The molecule has 20 heavy (non-hydrogen) atoms. The molecule has 1 aliphatic heterocycles. The minimum Gasteiger partial charge on any atom is -0.496 e. The Morgan fingerprint density at radius 3 is 2.95 bits per heavy atom. The van der Waals surface area contributed by atoms with E-state index in [1.807, 2.05) is 11.0 Å². The number of rotatable bonds is 4. The molecule has 0 radical (unpaired) electrons. The minimum atomic E-state index is 0.195. The van der Waals surface area contributed by atoms with E-state index in [0.717, 1.165) is 50.3 Å². The second kappa shape index (κ2) is 7.29. The summed E-state index contributed by atoms with van der Waals surface area (Å²) in [6.45, 7) is 5.65. The number of nitrogens with zero attached hydrogens (tertiary/aromatic N) is 1. The van der Waals surface area contributed by atoms with Crippen LogP contribution in [0.5, 0.6) is 5.75 Å². The van der Waals surface area contributed by atoms with Crippen LogP contribution >= 0.6 is 0 Å². The quantitative estimate of drug-likeness (QED) is 0.908. The first-order chi connectivity index (χ1) is 9.74. The molecule has 1 amide bonds. The van der Waals surface area contributed by atoms with Crippen LogP contribution < -0.4 is 10.1 Å². The van der Waals surface area contributed by atoms with E-state index in [0.29, 0.717) is 6.42 Å². The Labute approximate surface area is 121 Å². The smallest absolute Gasteiger partial charge is 0.227 e. The van der Waals surface area contributed by atoms with Gasteiger partial charge in [0.15, 0.2) is 0 Å². The van der Waals surface area contributed by atoms with Crippen LogP contribution in [0.2, 0.25) is 0 Å². The number of nitrogens with one attached hydrogen (secondary N) is 1. The van der Waals surface area contributed by atoms with Crippen LogP contribution in [0.3, 0.4) is 0 Å². The average Bonchev–Trinajstić information content (AvgIpc) is 2.76. The van der Waals surface area contributed by atoms with Crippen molar-refractivity contribution in [2.45, 2.75) is 26.2 Å². The van der Waals surface area contributed by atoms with Crippen LogP contribution in [0, 0.1) is 0 Å². The van der Waals surface area contributed by atoms with Crippen molar-refractivity contribution in [3.8, 4) is 5.75 Å². The number of amides is 1. The highest BCUT2D eigenvalue weighted by molar-refractivity contribution is 5.79. The predicted molar refractivity (Wildman–Crippen MR) is 80.1 cm³/mol. The lowest BCUT2D eigenvalue weighted by molar-refractivity contribution is -0.130. The van der Waals surface area contributed by atoms with E-state index in [2.05, 4.69) is 24.4 Å². The van der Waals surface area contributed by atoms with E-state index >= 15 is 0 Å². The molecule has 2 rings (SSSR count). The van der Waals surface area contributed by atoms with Crippen molar-refractivity contribution in [2.75, 3.05) is 33.3 Å². The lowest BCUT2D eigenvalue weighted by Crippen LogP contribution is -2.35. The molecule has 0 saturated carbocycles. The van der Waals surface area contributed by atoms with Gasteiger partial charge < -0.3 is 15.0 Å². The summed E-state index contributed by atoms with van der Waals surface area (Å²) in [7, 11) is 1.66. The monoisotopic (exact) mass is 276 g/mol. The summed E-state index contributed by atoms with van der Waals surface area (Å²) in [6, 6.07) is 6.11. The molecular formula is C16H24N2O2. The zero-order chi connectivity index (χ0) is 14.4. The van der Waals surface area contributed by atoms with Gasteiger partial charge in [-0.05, 0) is 31.0 Å². The minimum absolute atomic E-state index is 0.195. The Kier molecular flexibility index (Phi) is 5.41. The number of methoxy groups -OCH3 is 1. The normalized spacial score (nSPS) is 15.8. The Morgan fingerprint density at radius 1 is 1.35 bits per heavy atom. The van der Waals surface area contributed by atoms with E-state index in [9.17, 15) is 4.79 Å². The fourth-order valence-electron chi connectivity index (χ4n) is 2.56. The number of benzene rings is 1.